The molecule has 1 fully saturated rings. The lowest BCUT2D eigenvalue weighted by molar-refractivity contribution is -0.0124. The first-order valence-electron chi connectivity index (χ1n) is 9.08. The van der Waals surface area contributed by atoms with Crippen LogP contribution in [0.3, 0.4) is 0 Å². The van der Waals surface area contributed by atoms with Gasteiger partial charge in [0, 0.05) is 30.9 Å². The predicted octanol–water partition coefficient (Wildman–Crippen LogP) is 3.52. The number of para-hydroxylation sites is 1. The maximum atomic E-state index is 10.0. The minimum atomic E-state index is 0.234. The van der Waals surface area contributed by atoms with Crippen LogP contribution in [0.1, 0.15) is 24.1 Å². The summed E-state index contributed by atoms with van der Waals surface area (Å²) in [4.78, 5) is 11.2. The monoisotopic (exact) mass is 349 g/mol. The number of phenols is 1. The van der Waals surface area contributed by atoms with Crippen molar-refractivity contribution in [1.82, 2.24) is 14.9 Å². The molecule has 1 atom stereocenters. The Hall–Kier alpha value is -2.50. The fourth-order valence-electron chi connectivity index (χ4n) is 3.48. The fraction of sp³-hybridized carbons (Fsp3) is 0.333. The van der Waals surface area contributed by atoms with Gasteiger partial charge < -0.3 is 9.84 Å². The van der Waals surface area contributed by atoms with Gasteiger partial charge in [-0.1, -0.05) is 24.3 Å². The molecule has 0 saturated carbocycles. The number of benzene rings is 1. The fourth-order valence-corrected chi connectivity index (χ4v) is 3.48. The van der Waals surface area contributed by atoms with Gasteiger partial charge in [0.25, 0.3) is 0 Å². The molecule has 5 nitrogen and oxygen atoms in total. The Labute approximate surface area is 153 Å². The van der Waals surface area contributed by atoms with Gasteiger partial charge in [0.1, 0.15) is 11.3 Å². The minimum Gasteiger partial charge on any atom is -0.506 e. The van der Waals surface area contributed by atoms with E-state index in [2.05, 4.69) is 14.9 Å². The normalized spacial score (nSPS) is 18.2. The summed E-state index contributed by atoms with van der Waals surface area (Å²) in [6.07, 6.45) is 6.07. The van der Waals surface area contributed by atoms with Crippen molar-refractivity contribution in [1.29, 1.82) is 0 Å². The van der Waals surface area contributed by atoms with Gasteiger partial charge in [0.15, 0.2) is 0 Å². The number of fused-ring (bicyclic) bond motifs is 1. The molecule has 4 rings (SSSR count). The average molecular weight is 349 g/mol. The molecular weight excluding hydrogens is 326 g/mol. The van der Waals surface area contributed by atoms with Gasteiger partial charge in [-0.05, 0) is 43.1 Å². The molecule has 0 unspecified atom stereocenters. The van der Waals surface area contributed by atoms with E-state index < -0.39 is 0 Å². The highest BCUT2D eigenvalue weighted by Gasteiger charge is 2.21. The highest BCUT2D eigenvalue weighted by molar-refractivity contribution is 5.84. The summed E-state index contributed by atoms with van der Waals surface area (Å²) in [5, 5.41) is 11.0. The zero-order valence-electron chi connectivity index (χ0n) is 14.7. The molecule has 0 bridgehead atoms. The topological polar surface area (TPSA) is 58.5 Å². The van der Waals surface area contributed by atoms with Crippen molar-refractivity contribution >= 4 is 10.9 Å². The van der Waals surface area contributed by atoms with Crippen LogP contribution in [0.25, 0.3) is 10.9 Å². The maximum absolute atomic E-state index is 10.0. The number of piperidine rings is 1. The van der Waals surface area contributed by atoms with Crippen LogP contribution in [0.15, 0.2) is 54.9 Å². The van der Waals surface area contributed by atoms with Crippen LogP contribution in [-0.2, 0) is 17.9 Å². The number of rotatable bonds is 5. The third-order valence-electron chi connectivity index (χ3n) is 4.81. The Morgan fingerprint density at radius 1 is 1.15 bits per heavy atom. The maximum Gasteiger partial charge on any atom is 0.141 e. The number of hydrogen-bond acceptors (Lipinski definition) is 5. The van der Waals surface area contributed by atoms with Gasteiger partial charge in [-0.15, -0.1) is 0 Å². The first-order chi connectivity index (χ1) is 12.8. The second kappa shape index (κ2) is 7.81. The molecule has 1 aromatic carbocycles. The highest BCUT2D eigenvalue weighted by Crippen LogP contribution is 2.23. The number of aromatic nitrogens is 2. The van der Waals surface area contributed by atoms with Gasteiger partial charge in [-0.25, -0.2) is 4.98 Å². The Balaban J connectivity index is 1.38. The molecule has 1 aliphatic heterocycles. The van der Waals surface area contributed by atoms with Crippen LogP contribution in [-0.4, -0.2) is 39.2 Å². The summed E-state index contributed by atoms with van der Waals surface area (Å²) in [5.74, 6) is 0.237. The van der Waals surface area contributed by atoms with Crippen molar-refractivity contribution in [3.63, 3.8) is 0 Å². The van der Waals surface area contributed by atoms with Crippen molar-refractivity contribution in [2.24, 2.45) is 0 Å². The summed E-state index contributed by atoms with van der Waals surface area (Å²) in [6.45, 7) is 3.33. The van der Waals surface area contributed by atoms with Crippen molar-refractivity contribution in [3.05, 3.63) is 66.1 Å². The quantitative estimate of drug-likeness (QED) is 0.764. The molecule has 5 heteroatoms. The van der Waals surface area contributed by atoms with E-state index in [1.54, 1.807) is 12.3 Å². The summed E-state index contributed by atoms with van der Waals surface area (Å²) >= 11 is 0. The minimum absolute atomic E-state index is 0.234. The third-order valence-corrected chi connectivity index (χ3v) is 4.81. The number of ether oxygens (including phenoxy) is 1. The summed E-state index contributed by atoms with van der Waals surface area (Å²) in [7, 11) is 0. The van der Waals surface area contributed by atoms with Crippen LogP contribution >= 0.6 is 0 Å². The predicted molar refractivity (Wildman–Crippen MR) is 101 cm³/mol. The number of nitrogens with zero attached hydrogens (tertiary/aromatic N) is 3. The molecule has 3 heterocycles. The van der Waals surface area contributed by atoms with Gasteiger partial charge in [0.2, 0.25) is 0 Å². The van der Waals surface area contributed by atoms with E-state index in [1.807, 2.05) is 42.6 Å². The first kappa shape index (κ1) is 16.9. The van der Waals surface area contributed by atoms with E-state index >= 15 is 0 Å². The van der Waals surface area contributed by atoms with Gasteiger partial charge >= 0.3 is 0 Å². The van der Waals surface area contributed by atoms with Gasteiger partial charge in [-0.3, -0.25) is 9.88 Å². The first-order valence-corrected chi connectivity index (χ1v) is 9.08. The Morgan fingerprint density at radius 2 is 2.12 bits per heavy atom. The standard InChI is InChI=1S/C21H23N3O2/c25-20-7-1-5-17-8-9-18(23-21(17)20)13-24-11-3-6-19(14-24)26-15-16-4-2-10-22-12-16/h1-2,4-5,7-10,12,19,25H,3,6,11,13-15H2/t19-/m0/s1. The Morgan fingerprint density at radius 3 is 3.00 bits per heavy atom. The van der Waals surface area contributed by atoms with E-state index in [0.29, 0.717) is 12.1 Å². The molecule has 3 aromatic rings. The second-order valence-corrected chi connectivity index (χ2v) is 6.82. The summed E-state index contributed by atoms with van der Waals surface area (Å²) < 4.78 is 6.08. The van der Waals surface area contributed by atoms with Crippen LogP contribution in [0.5, 0.6) is 5.75 Å². The van der Waals surface area contributed by atoms with E-state index in [1.165, 1.54) is 0 Å². The van der Waals surface area contributed by atoms with Crippen LogP contribution in [0.4, 0.5) is 0 Å². The number of aromatic hydroxyl groups is 1. The summed E-state index contributed by atoms with van der Waals surface area (Å²) in [5.41, 5.74) is 2.76. The molecule has 0 radical (unpaired) electrons. The number of hydrogen-bond donors (Lipinski definition) is 1. The van der Waals surface area contributed by atoms with Crippen LogP contribution < -0.4 is 0 Å². The van der Waals surface area contributed by atoms with E-state index in [9.17, 15) is 5.11 Å². The zero-order chi connectivity index (χ0) is 17.8. The third kappa shape index (κ3) is 4.00. The van der Waals surface area contributed by atoms with Crippen molar-refractivity contribution in [3.8, 4) is 5.75 Å². The zero-order valence-corrected chi connectivity index (χ0v) is 14.7. The van der Waals surface area contributed by atoms with Crippen molar-refractivity contribution < 1.29 is 9.84 Å². The molecule has 134 valence electrons. The Kier molecular flexibility index (Phi) is 5.09. The van der Waals surface area contributed by atoms with E-state index in [0.717, 1.165) is 49.1 Å². The molecule has 1 saturated heterocycles. The lowest BCUT2D eigenvalue weighted by Gasteiger charge is -2.32. The molecule has 0 aliphatic carbocycles. The number of phenolic OH excluding ortho intramolecular Hbond substituents is 1. The Bertz CT molecular complexity index is 870. The summed E-state index contributed by atoms with van der Waals surface area (Å²) in [6, 6.07) is 13.5. The highest BCUT2D eigenvalue weighted by atomic mass is 16.5. The van der Waals surface area contributed by atoms with Crippen LogP contribution in [0.2, 0.25) is 0 Å². The smallest absolute Gasteiger partial charge is 0.141 e. The molecule has 1 N–H and O–H groups in total. The SMILES string of the molecule is Oc1cccc2ccc(CN3CCC[C@H](OCc4cccnc4)C3)nc12. The molecule has 0 spiro atoms. The molecule has 2 aromatic heterocycles. The average Bonchev–Trinajstić information content (AvgIpc) is 2.68. The lowest BCUT2D eigenvalue weighted by atomic mass is 10.1. The van der Waals surface area contributed by atoms with E-state index in [4.69, 9.17) is 4.74 Å². The molecule has 26 heavy (non-hydrogen) atoms. The largest absolute Gasteiger partial charge is 0.506 e. The van der Waals surface area contributed by atoms with Gasteiger partial charge in [-0.2, -0.15) is 0 Å². The van der Waals surface area contributed by atoms with Gasteiger partial charge in [0.05, 0.1) is 18.4 Å². The van der Waals surface area contributed by atoms with E-state index in [-0.39, 0.29) is 11.9 Å². The molecule has 0 amide bonds. The van der Waals surface area contributed by atoms with Crippen molar-refractivity contribution in [2.75, 3.05) is 13.1 Å². The lowest BCUT2D eigenvalue weighted by Crippen LogP contribution is -2.39. The van der Waals surface area contributed by atoms with Crippen LogP contribution in [0, 0.1) is 0 Å². The molecule has 1 aliphatic rings. The molecular formula is C21H23N3O2. The number of likely N-dealkylation sites (tertiary alicyclic amines) is 1. The van der Waals surface area contributed by atoms with Crippen molar-refractivity contribution in [2.45, 2.75) is 32.1 Å². The second-order valence-electron chi connectivity index (χ2n) is 6.82. The number of pyridine rings is 2.